The van der Waals surface area contributed by atoms with Crippen LogP contribution in [-0.2, 0) is 25.0 Å². The van der Waals surface area contributed by atoms with Gasteiger partial charge in [0.1, 0.15) is 0 Å². The molecule has 7 heteroatoms. The summed E-state index contributed by atoms with van der Waals surface area (Å²) in [7, 11) is -6.99. The Labute approximate surface area is 249 Å². The minimum atomic E-state index is -3.51. The van der Waals surface area contributed by atoms with Crippen LogP contribution in [0.2, 0.25) is 0 Å². The topological polar surface area (TPSA) is 68.3 Å². The van der Waals surface area contributed by atoms with E-state index >= 15 is 0 Å². The molecule has 0 saturated heterocycles. The number of alkyl halides is 1. The zero-order valence-corrected chi connectivity index (χ0v) is 25.5. The minimum absolute atomic E-state index is 0.323. The van der Waals surface area contributed by atoms with Gasteiger partial charge in [-0.05, 0) is 59.7 Å². The number of benzene rings is 6. The lowest BCUT2D eigenvalue weighted by Gasteiger charge is -2.08. The number of aryl methyl sites for hydroxylation is 1. The van der Waals surface area contributed by atoms with Crippen LogP contribution in [-0.4, -0.2) is 16.8 Å². The Morgan fingerprint density at radius 3 is 1.32 bits per heavy atom. The first kappa shape index (κ1) is 28.7. The van der Waals surface area contributed by atoms with Crippen molar-refractivity contribution in [3.05, 3.63) is 145 Å². The molecule has 0 bridgehead atoms. The molecule has 0 aliphatic rings. The maximum absolute atomic E-state index is 12.8. The molecule has 0 radical (unpaired) electrons. The van der Waals surface area contributed by atoms with Crippen LogP contribution in [0, 0.1) is 6.92 Å². The molecule has 0 atom stereocenters. The zero-order valence-electron chi connectivity index (χ0n) is 22.2. The van der Waals surface area contributed by atoms with E-state index in [1.165, 1.54) is 0 Å². The third-order valence-electron chi connectivity index (χ3n) is 6.80. The van der Waals surface area contributed by atoms with Gasteiger partial charge in [-0.1, -0.05) is 119 Å². The standard InChI is InChI=1S/C17H13BrO2S.C17H14O2S/c18-12-13-8-10-15(11-9-13)21(19,20)17-7-3-5-14-4-1-2-6-16(14)17;1-13-9-11-15(12-10-13)20(18,19)17-8-4-6-14-5-2-3-7-16(14)17/h1-11H,12H2;2-12H,1H3. The monoisotopic (exact) mass is 642 g/mol. The van der Waals surface area contributed by atoms with Crippen LogP contribution >= 0.6 is 15.9 Å². The van der Waals surface area contributed by atoms with Crippen LogP contribution in [0.15, 0.2) is 153 Å². The minimum Gasteiger partial charge on any atom is -0.218 e. The Hall–Kier alpha value is -3.78. The first-order valence-electron chi connectivity index (χ1n) is 12.9. The van der Waals surface area contributed by atoms with E-state index in [1.807, 2.05) is 91.9 Å². The van der Waals surface area contributed by atoms with Crippen molar-refractivity contribution >= 4 is 57.1 Å². The van der Waals surface area contributed by atoms with Crippen molar-refractivity contribution in [3.8, 4) is 0 Å². The van der Waals surface area contributed by atoms with Crippen LogP contribution in [0.1, 0.15) is 11.1 Å². The van der Waals surface area contributed by atoms with Gasteiger partial charge >= 0.3 is 0 Å². The molecule has 6 aromatic rings. The molecule has 0 spiro atoms. The summed E-state index contributed by atoms with van der Waals surface area (Å²) in [6.45, 7) is 1.94. The van der Waals surface area contributed by atoms with Crippen molar-refractivity contribution in [1.29, 1.82) is 0 Å². The van der Waals surface area contributed by atoms with E-state index in [9.17, 15) is 16.8 Å². The van der Waals surface area contributed by atoms with Gasteiger partial charge in [0.05, 0.1) is 19.6 Å². The lowest BCUT2D eigenvalue weighted by Crippen LogP contribution is -2.02. The lowest BCUT2D eigenvalue weighted by atomic mass is 10.1. The molecule has 0 saturated carbocycles. The van der Waals surface area contributed by atoms with Gasteiger partial charge in [-0.3, -0.25) is 0 Å². The van der Waals surface area contributed by atoms with Gasteiger partial charge in [0.25, 0.3) is 0 Å². The maximum atomic E-state index is 12.8. The quantitative estimate of drug-likeness (QED) is 0.177. The molecule has 206 valence electrons. The second-order valence-electron chi connectivity index (χ2n) is 9.55. The van der Waals surface area contributed by atoms with E-state index in [2.05, 4.69) is 15.9 Å². The summed E-state index contributed by atoms with van der Waals surface area (Å²) in [4.78, 5) is 1.37. The van der Waals surface area contributed by atoms with Crippen molar-refractivity contribution in [2.75, 3.05) is 0 Å². The average Bonchev–Trinajstić information content (AvgIpc) is 3.01. The van der Waals surface area contributed by atoms with E-state index in [4.69, 9.17) is 0 Å². The first-order chi connectivity index (χ1) is 19.7. The normalized spacial score (nSPS) is 11.7. The van der Waals surface area contributed by atoms with Crippen molar-refractivity contribution in [2.24, 2.45) is 0 Å². The number of halogens is 1. The molecular weight excluding hydrogens is 616 g/mol. The van der Waals surface area contributed by atoms with Gasteiger partial charge in [0.2, 0.25) is 19.7 Å². The molecule has 4 nitrogen and oxygen atoms in total. The molecule has 0 fully saturated rings. The number of hydrogen-bond donors (Lipinski definition) is 0. The van der Waals surface area contributed by atoms with Gasteiger partial charge in [0.15, 0.2) is 0 Å². The van der Waals surface area contributed by atoms with Crippen LogP contribution in [0.25, 0.3) is 21.5 Å². The van der Waals surface area contributed by atoms with Crippen molar-refractivity contribution < 1.29 is 16.8 Å². The zero-order chi connectivity index (χ0) is 29.0. The Bertz CT molecular complexity index is 2040. The van der Waals surface area contributed by atoms with E-state index < -0.39 is 19.7 Å². The first-order valence-corrected chi connectivity index (χ1v) is 17.0. The summed E-state index contributed by atoms with van der Waals surface area (Å²) in [5, 5.41) is 4.08. The molecule has 0 aromatic heterocycles. The molecule has 6 aromatic carbocycles. The van der Waals surface area contributed by atoms with Gasteiger partial charge in [-0.2, -0.15) is 0 Å². The largest absolute Gasteiger partial charge is 0.218 e. The molecule has 0 aliphatic heterocycles. The molecule has 0 N–H and O–H groups in total. The predicted molar refractivity (Wildman–Crippen MR) is 169 cm³/mol. The summed E-state index contributed by atoms with van der Waals surface area (Å²) in [5.41, 5.74) is 2.09. The van der Waals surface area contributed by atoms with Gasteiger partial charge in [-0.15, -0.1) is 0 Å². The third-order valence-corrected chi connectivity index (χ3v) is 11.1. The second kappa shape index (κ2) is 12.0. The molecule has 0 unspecified atom stereocenters. The number of fused-ring (bicyclic) bond motifs is 2. The van der Waals surface area contributed by atoms with E-state index in [-0.39, 0.29) is 0 Å². The van der Waals surface area contributed by atoms with Crippen LogP contribution in [0.5, 0.6) is 0 Å². The highest BCUT2D eigenvalue weighted by Gasteiger charge is 2.21. The fraction of sp³-hybridized carbons (Fsp3) is 0.0588. The average molecular weight is 644 g/mol. The van der Waals surface area contributed by atoms with Crippen molar-refractivity contribution in [3.63, 3.8) is 0 Å². The highest BCUT2D eigenvalue weighted by atomic mass is 79.9. The van der Waals surface area contributed by atoms with Crippen molar-refractivity contribution in [2.45, 2.75) is 31.8 Å². The summed E-state index contributed by atoms with van der Waals surface area (Å²) in [6, 6.07) is 39.7. The van der Waals surface area contributed by atoms with Gasteiger partial charge in [-0.25, -0.2) is 16.8 Å². The summed E-state index contributed by atoms with van der Waals surface area (Å²) in [6.07, 6.45) is 0. The second-order valence-corrected chi connectivity index (χ2v) is 13.9. The van der Waals surface area contributed by atoms with Crippen LogP contribution in [0.4, 0.5) is 0 Å². The summed E-state index contributed by atoms with van der Waals surface area (Å²) < 4.78 is 51.2. The number of sulfone groups is 2. The number of hydrogen-bond acceptors (Lipinski definition) is 4. The Morgan fingerprint density at radius 2 is 0.878 bits per heavy atom. The SMILES string of the molecule is Cc1ccc(S(=O)(=O)c2cccc3ccccc23)cc1.O=S(=O)(c1ccc(CBr)cc1)c1cccc2ccccc12. The molecule has 6 rings (SSSR count). The molecule has 0 aliphatic carbocycles. The molecular formula is C34H27BrO4S2. The maximum Gasteiger partial charge on any atom is 0.207 e. The highest BCUT2D eigenvalue weighted by molar-refractivity contribution is 9.08. The highest BCUT2D eigenvalue weighted by Crippen LogP contribution is 2.29. The van der Waals surface area contributed by atoms with Crippen molar-refractivity contribution in [1.82, 2.24) is 0 Å². The van der Waals surface area contributed by atoms with E-state index in [1.54, 1.807) is 48.5 Å². The predicted octanol–water partition coefficient (Wildman–Crippen LogP) is 8.55. The summed E-state index contributed by atoms with van der Waals surface area (Å²) in [5.74, 6) is 0. The summed E-state index contributed by atoms with van der Waals surface area (Å²) >= 11 is 3.36. The Morgan fingerprint density at radius 1 is 0.488 bits per heavy atom. The van der Waals surface area contributed by atoms with Crippen LogP contribution < -0.4 is 0 Å². The smallest absolute Gasteiger partial charge is 0.207 e. The Kier molecular flexibility index (Phi) is 8.40. The van der Waals surface area contributed by atoms with Gasteiger partial charge in [0, 0.05) is 16.1 Å². The third kappa shape index (κ3) is 5.98. The Balaban J connectivity index is 0.000000165. The fourth-order valence-corrected chi connectivity index (χ4v) is 7.93. The molecule has 0 heterocycles. The molecule has 41 heavy (non-hydrogen) atoms. The van der Waals surface area contributed by atoms with Gasteiger partial charge < -0.3 is 0 Å². The fourth-order valence-electron chi connectivity index (χ4n) is 4.59. The van der Waals surface area contributed by atoms with E-state index in [0.717, 1.165) is 32.7 Å². The van der Waals surface area contributed by atoms with E-state index in [0.29, 0.717) is 24.9 Å². The van der Waals surface area contributed by atoms with Crippen LogP contribution in [0.3, 0.4) is 0 Å². The molecule has 0 amide bonds. The lowest BCUT2D eigenvalue weighted by molar-refractivity contribution is 0.595. The number of rotatable bonds is 5.